The van der Waals surface area contributed by atoms with Crippen LogP contribution in [0.4, 0.5) is 5.82 Å². The molecule has 0 aliphatic heterocycles. The van der Waals surface area contributed by atoms with Crippen molar-refractivity contribution in [2.45, 2.75) is 41.0 Å². The van der Waals surface area contributed by atoms with Gasteiger partial charge >= 0.3 is 0 Å². The van der Waals surface area contributed by atoms with E-state index in [-0.39, 0.29) is 5.91 Å². The van der Waals surface area contributed by atoms with Crippen molar-refractivity contribution in [1.82, 2.24) is 14.9 Å². The number of anilines is 1. The number of nitrogens with zero attached hydrogens (tertiary/aromatic N) is 3. The first kappa shape index (κ1) is 16.4. The van der Waals surface area contributed by atoms with Crippen LogP contribution in [-0.4, -0.2) is 40.4 Å². The van der Waals surface area contributed by atoms with Gasteiger partial charge in [-0.25, -0.2) is 9.97 Å². The highest BCUT2D eigenvalue weighted by Gasteiger charge is 2.15. The molecule has 1 N–H and O–H groups in total. The summed E-state index contributed by atoms with van der Waals surface area (Å²) < 4.78 is 0. The molecule has 1 heterocycles. The van der Waals surface area contributed by atoms with E-state index in [9.17, 15) is 4.79 Å². The molecule has 0 spiro atoms. The Hall–Kier alpha value is -1.65. The summed E-state index contributed by atoms with van der Waals surface area (Å²) in [6.07, 6.45) is 1.07. The fourth-order valence-corrected chi connectivity index (χ4v) is 1.93. The molecule has 112 valence electrons. The quantitative estimate of drug-likeness (QED) is 0.833. The van der Waals surface area contributed by atoms with Gasteiger partial charge in [-0.1, -0.05) is 13.8 Å². The highest BCUT2D eigenvalue weighted by molar-refractivity contribution is 5.92. The molecule has 0 radical (unpaired) electrons. The molecule has 1 aromatic rings. The Balaban J connectivity index is 2.82. The average molecular weight is 278 g/mol. The molecule has 0 aliphatic carbocycles. The molecular weight excluding hydrogens is 252 g/mol. The zero-order valence-electron chi connectivity index (χ0n) is 13.2. The highest BCUT2D eigenvalue weighted by atomic mass is 16.2. The van der Waals surface area contributed by atoms with Crippen LogP contribution in [0.3, 0.4) is 0 Å². The first-order chi connectivity index (χ1) is 9.47. The highest BCUT2D eigenvalue weighted by Crippen LogP contribution is 2.10. The van der Waals surface area contributed by atoms with Crippen molar-refractivity contribution < 1.29 is 4.79 Å². The summed E-state index contributed by atoms with van der Waals surface area (Å²) in [7, 11) is 0. The summed E-state index contributed by atoms with van der Waals surface area (Å²) in [6.45, 7) is 12.3. The summed E-state index contributed by atoms with van der Waals surface area (Å²) in [5.74, 6) is 1.96. The zero-order chi connectivity index (χ0) is 15.1. The van der Waals surface area contributed by atoms with Gasteiger partial charge < -0.3 is 10.2 Å². The summed E-state index contributed by atoms with van der Waals surface area (Å²) in [5.41, 5.74) is 0.466. The number of hydrogen-bond donors (Lipinski definition) is 1. The standard InChI is InChI=1S/C15H26N4O/c1-6-19(7-2)15(20)13-10-14(18-12(5)17-13)16-9-8-11(3)4/h10-11H,6-9H2,1-5H3,(H,16,17,18). The first-order valence-corrected chi connectivity index (χ1v) is 7.36. The van der Waals surface area contributed by atoms with E-state index in [1.54, 1.807) is 11.0 Å². The number of carbonyl (C=O) groups excluding carboxylic acids is 1. The molecule has 20 heavy (non-hydrogen) atoms. The van der Waals surface area contributed by atoms with Gasteiger partial charge in [0.25, 0.3) is 5.91 Å². The Morgan fingerprint density at radius 3 is 2.50 bits per heavy atom. The van der Waals surface area contributed by atoms with Gasteiger partial charge in [-0.05, 0) is 33.1 Å². The Morgan fingerprint density at radius 1 is 1.30 bits per heavy atom. The van der Waals surface area contributed by atoms with Crippen molar-refractivity contribution in [1.29, 1.82) is 0 Å². The molecule has 1 aromatic heterocycles. The Kier molecular flexibility index (Phi) is 6.42. The monoisotopic (exact) mass is 278 g/mol. The predicted octanol–water partition coefficient (Wildman–Crippen LogP) is 2.73. The molecule has 0 bridgehead atoms. The van der Waals surface area contributed by atoms with Crippen LogP contribution >= 0.6 is 0 Å². The average Bonchev–Trinajstić information content (AvgIpc) is 2.39. The number of nitrogens with one attached hydrogen (secondary N) is 1. The van der Waals surface area contributed by atoms with Crippen molar-refractivity contribution in [3.05, 3.63) is 17.6 Å². The van der Waals surface area contributed by atoms with Gasteiger partial charge in [0.1, 0.15) is 17.3 Å². The fraction of sp³-hybridized carbons (Fsp3) is 0.667. The van der Waals surface area contributed by atoms with Crippen molar-refractivity contribution in [2.24, 2.45) is 5.92 Å². The number of amides is 1. The maximum Gasteiger partial charge on any atom is 0.272 e. The summed E-state index contributed by atoms with van der Waals surface area (Å²) in [4.78, 5) is 22.6. The lowest BCUT2D eigenvalue weighted by Gasteiger charge is -2.18. The second-order valence-corrected chi connectivity index (χ2v) is 5.27. The van der Waals surface area contributed by atoms with Crippen LogP contribution in [-0.2, 0) is 0 Å². The smallest absolute Gasteiger partial charge is 0.272 e. The third-order valence-electron chi connectivity index (χ3n) is 3.14. The molecule has 1 amide bonds. The van der Waals surface area contributed by atoms with Crippen LogP contribution < -0.4 is 5.32 Å². The largest absolute Gasteiger partial charge is 0.370 e. The molecule has 0 aromatic carbocycles. The van der Waals surface area contributed by atoms with E-state index in [1.807, 2.05) is 20.8 Å². The van der Waals surface area contributed by atoms with Gasteiger partial charge in [-0.3, -0.25) is 4.79 Å². The van der Waals surface area contributed by atoms with Crippen LogP contribution in [0, 0.1) is 12.8 Å². The number of carbonyl (C=O) groups is 1. The molecule has 5 heteroatoms. The van der Waals surface area contributed by atoms with E-state index in [0.29, 0.717) is 30.5 Å². The molecule has 0 saturated carbocycles. The molecule has 0 saturated heterocycles. The number of hydrogen-bond acceptors (Lipinski definition) is 4. The second-order valence-electron chi connectivity index (χ2n) is 5.27. The van der Waals surface area contributed by atoms with Crippen molar-refractivity contribution in [3.63, 3.8) is 0 Å². The molecule has 5 nitrogen and oxygen atoms in total. The minimum atomic E-state index is -0.0348. The first-order valence-electron chi connectivity index (χ1n) is 7.36. The van der Waals surface area contributed by atoms with Crippen LogP contribution in [0.5, 0.6) is 0 Å². The van der Waals surface area contributed by atoms with Gasteiger partial charge in [0.2, 0.25) is 0 Å². The second kappa shape index (κ2) is 7.82. The van der Waals surface area contributed by atoms with Crippen LogP contribution in [0.15, 0.2) is 6.07 Å². The van der Waals surface area contributed by atoms with Crippen LogP contribution in [0.25, 0.3) is 0 Å². The van der Waals surface area contributed by atoms with E-state index < -0.39 is 0 Å². The zero-order valence-corrected chi connectivity index (χ0v) is 13.2. The molecule has 1 rings (SSSR count). The number of rotatable bonds is 7. The van der Waals surface area contributed by atoms with Gasteiger partial charge in [0.15, 0.2) is 0 Å². The molecule has 0 unspecified atom stereocenters. The van der Waals surface area contributed by atoms with Gasteiger partial charge in [0.05, 0.1) is 0 Å². The maximum absolute atomic E-state index is 12.3. The SMILES string of the molecule is CCN(CC)C(=O)c1cc(NCCC(C)C)nc(C)n1. The Bertz CT molecular complexity index is 441. The van der Waals surface area contributed by atoms with E-state index in [2.05, 4.69) is 29.1 Å². The summed E-state index contributed by atoms with van der Waals surface area (Å²) in [5, 5.41) is 3.27. The van der Waals surface area contributed by atoms with Crippen molar-refractivity contribution in [2.75, 3.05) is 25.0 Å². The van der Waals surface area contributed by atoms with Crippen LogP contribution in [0.2, 0.25) is 0 Å². The summed E-state index contributed by atoms with van der Waals surface area (Å²) in [6, 6.07) is 1.74. The minimum Gasteiger partial charge on any atom is -0.370 e. The number of aryl methyl sites for hydroxylation is 1. The molecular formula is C15H26N4O. The normalized spacial score (nSPS) is 10.7. The van der Waals surface area contributed by atoms with E-state index >= 15 is 0 Å². The van der Waals surface area contributed by atoms with Gasteiger partial charge in [0, 0.05) is 25.7 Å². The van der Waals surface area contributed by atoms with Gasteiger partial charge in [-0.15, -0.1) is 0 Å². The molecule has 0 fully saturated rings. The van der Waals surface area contributed by atoms with Gasteiger partial charge in [-0.2, -0.15) is 0 Å². The number of aromatic nitrogens is 2. The third kappa shape index (κ3) is 4.79. The Labute approximate surface area is 121 Å². The van der Waals surface area contributed by atoms with E-state index in [1.165, 1.54) is 0 Å². The lowest BCUT2D eigenvalue weighted by Crippen LogP contribution is -2.31. The van der Waals surface area contributed by atoms with Crippen LogP contribution in [0.1, 0.15) is 50.4 Å². The maximum atomic E-state index is 12.3. The topological polar surface area (TPSA) is 58.1 Å². The van der Waals surface area contributed by atoms with Crippen molar-refractivity contribution in [3.8, 4) is 0 Å². The van der Waals surface area contributed by atoms with E-state index in [4.69, 9.17) is 0 Å². The predicted molar refractivity (Wildman–Crippen MR) is 82.0 cm³/mol. The van der Waals surface area contributed by atoms with Crippen molar-refractivity contribution >= 4 is 11.7 Å². The minimum absolute atomic E-state index is 0.0348. The molecule has 0 atom stereocenters. The Morgan fingerprint density at radius 2 is 1.95 bits per heavy atom. The molecule has 0 aliphatic rings. The fourth-order valence-electron chi connectivity index (χ4n) is 1.93. The van der Waals surface area contributed by atoms with E-state index in [0.717, 1.165) is 18.8 Å². The summed E-state index contributed by atoms with van der Waals surface area (Å²) >= 11 is 0. The lowest BCUT2D eigenvalue weighted by molar-refractivity contribution is 0.0766. The third-order valence-corrected chi connectivity index (χ3v) is 3.14. The lowest BCUT2D eigenvalue weighted by atomic mass is 10.1.